The van der Waals surface area contributed by atoms with Crippen LogP contribution in [-0.2, 0) is 16.1 Å². The third-order valence-electron chi connectivity index (χ3n) is 2.81. The Kier molecular flexibility index (Phi) is 4.00. The fraction of sp³-hybridized carbons (Fsp3) is 0.545. The molecule has 2 rings (SSSR count). The summed E-state index contributed by atoms with van der Waals surface area (Å²) in [6.45, 7) is 1.13. The first-order valence-corrected chi connectivity index (χ1v) is 5.60. The molecule has 92 valence electrons. The van der Waals surface area contributed by atoms with Crippen molar-refractivity contribution in [2.24, 2.45) is 0 Å². The van der Waals surface area contributed by atoms with Crippen molar-refractivity contribution in [3.63, 3.8) is 0 Å². The van der Waals surface area contributed by atoms with Crippen molar-refractivity contribution in [3.8, 4) is 0 Å². The smallest absolute Gasteiger partial charge is 0.237 e. The molecule has 2 heterocycles. The number of carbonyl (C=O) groups is 1. The van der Waals surface area contributed by atoms with Crippen LogP contribution in [0.3, 0.4) is 0 Å². The fourth-order valence-corrected chi connectivity index (χ4v) is 1.81. The molecule has 0 aromatic carbocycles. The van der Waals surface area contributed by atoms with Gasteiger partial charge in [-0.3, -0.25) is 4.79 Å². The van der Waals surface area contributed by atoms with E-state index in [9.17, 15) is 4.79 Å². The Morgan fingerprint density at radius 2 is 2.59 bits per heavy atom. The number of rotatable bonds is 4. The monoisotopic (exact) mass is 236 g/mol. The zero-order valence-electron chi connectivity index (χ0n) is 9.72. The van der Waals surface area contributed by atoms with Crippen molar-refractivity contribution in [1.29, 1.82) is 0 Å². The van der Waals surface area contributed by atoms with Crippen LogP contribution in [-0.4, -0.2) is 41.9 Å². The summed E-state index contributed by atoms with van der Waals surface area (Å²) in [4.78, 5) is 11.8. The molecule has 17 heavy (non-hydrogen) atoms. The first-order chi connectivity index (χ1) is 8.29. The number of hydrogen-bond donors (Lipinski definition) is 2. The summed E-state index contributed by atoms with van der Waals surface area (Å²) in [5.41, 5.74) is 0.752. The van der Waals surface area contributed by atoms with Gasteiger partial charge in [-0.2, -0.15) is 10.2 Å². The molecule has 0 saturated carbocycles. The van der Waals surface area contributed by atoms with E-state index in [-0.39, 0.29) is 18.1 Å². The first-order valence-electron chi connectivity index (χ1n) is 5.60. The second-order valence-electron chi connectivity index (χ2n) is 3.99. The van der Waals surface area contributed by atoms with Gasteiger partial charge in [0.2, 0.25) is 5.91 Å². The van der Waals surface area contributed by atoms with Gasteiger partial charge in [-0.1, -0.05) is 0 Å². The van der Waals surface area contributed by atoms with Gasteiger partial charge in [0.1, 0.15) is 0 Å². The van der Waals surface area contributed by atoms with Crippen molar-refractivity contribution >= 4 is 5.91 Å². The number of nitrogens with zero attached hydrogens (tertiary/aromatic N) is 2. The molecule has 0 aliphatic carbocycles. The van der Waals surface area contributed by atoms with Crippen LogP contribution >= 0.6 is 0 Å². The number of aromatic nitrogens is 2. The molecule has 1 aliphatic rings. The molecule has 1 amide bonds. The Morgan fingerprint density at radius 3 is 3.24 bits per heavy atom. The van der Waals surface area contributed by atoms with Crippen molar-refractivity contribution in [1.82, 2.24) is 20.8 Å². The molecular weight excluding hydrogens is 220 g/mol. The predicted octanol–water partition coefficient (Wildman–Crippen LogP) is -0.530. The minimum Gasteiger partial charge on any atom is -0.380 e. The van der Waals surface area contributed by atoms with E-state index in [2.05, 4.69) is 20.8 Å². The van der Waals surface area contributed by atoms with Crippen LogP contribution in [0.4, 0.5) is 0 Å². The maximum atomic E-state index is 11.8. The van der Waals surface area contributed by atoms with E-state index >= 15 is 0 Å². The lowest BCUT2D eigenvalue weighted by molar-refractivity contribution is -0.123. The van der Waals surface area contributed by atoms with Gasteiger partial charge in [0.05, 0.1) is 24.4 Å². The Morgan fingerprint density at radius 1 is 1.71 bits per heavy atom. The number of ether oxygens (including phenoxy) is 1. The van der Waals surface area contributed by atoms with E-state index in [0.29, 0.717) is 13.0 Å². The predicted molar refractivity (Wildman–Crippen MR) is 61.1 cm³/mol. The summed E-state index contributed by atoms with van der Waals surface area (Å²) in [5.74, 6) is -0.0183. The molecule has 6 nitrogen and oxygen atoms in total. The molecule has 1 aromatic rings. The summed E-state index contributed by atoms with van der Waals surface area (Å²) >= 11 is 0. The van der Waals surface area contributed by atoms with E-state index in [1.807, 2.05) is 6.07 Å². The van der Waals surface area contributed by atoms with E-state index in [4.69, 9.17) is 4.74 Å². The standard InChI is InChI=1S/C11H16N4O2/c1-17-9-5-10(12-7-9)11(16)13-6-8-3-2-4-14-15-8/h2-4,9-10,12H,5-7H2,1H3,(H,13,16). The second kappa shape index (κ2) is 5.70. The molecule has 0 spiro atoms. The molecule has 2 unspecified atom stereocenters. The first kappa shape index (κ1) is 11.9. The Hall–Kier alpha value is -1.53. The van der Waals surface area contributed by atoms with Gasteiger partial charge in [-0.15, -0.1) is 0 Å². The summed E-state index contributed by atoms with van der Waals surface area (Å²) in [6, 6.07) is 3.45. The quantitative estimate of drug-likeness (QED) is 0.735. The summed E-state index contributed by atoms with van der Waals surface area (Å²) < 4.78 is 5.19. The Balaban J connectivity index is 1.78. The molecule has 1 saturated heterocycles. The van der Waals surface area contributed by atoms with Gasteiger partial charge in [0.15, 0.2) is 0 Å². The van der Waals surface area contributed by atoms with Crippen LogP contribution in [0.15, 0.2) is 18.3 Å². The topological polar surface area (TPSA) is 76.1 Å². The van der Waals surface area contributed by atoms with E-state index in [1.54, 1.807) is 19.4 Å². The summed E-state index contributed by atoms with van der Waals surface area (Å²) in [6.07, 6.45) is 2.44. The minimum atomic E-state index is -0.170. The highest BCUT2D eigenvalue weighted by molar-refractivity contribution is 5.82. The number of methoxy groups -OCH3 is 1. The van der Waals surface area contributed by atoms with Gasteiger partial charge in [-0.05, 0) is 18.6 Å². The highest BCUT2D eigenvalue weighted by atomic mass is 16.5. The summed E-state index contributed by atoms with van der Waals surface area (Å²) in [7, 11) is 1.66. The lowest BCUT2D eigenvalue weighted by atomic mass is 10.2. The van der Waals surface area contributed by atoms with Crippen LogP contribution < -0.4 is 10.6 Å². The average Bonchev–Trinajstić information content (AvgIpc) is 2.86. The van der Waals surface area contributed by atoms with Gasteiger partial charge < -0.3 is 15.4 Å². The van der Waals surface area contributed by atoms with Crippen molar-refractivity contribution in [2.45, 2.75) is 25.1 Å². The molecule has 6 heteroatoms. The molecular formula is C11H16N4O2. The van der Waals surface area contributed by atoms with Crippen LogP contribution in [0.25, 0.3) is 0 Å². The molecule has 1 aromatic heterocycles. The second-order valence-corrected chi connectivity index (χ2v) is 3.99. The highest BCUT2D eigenvalue weighted by Crippen LogP contribution is 2.09. The van der Waals surface area contributed by atoms with E-state index in [1.165, 1.54) is 0 Å². The van der Waals surface area contributed by atoms with Gasteiger partial charge in [0, 0.05) is 19.9 Å². The fourth-order valence-electron chi connectivity index (χ4n) is 1.81. The lowest BCUT2D eigenvalue weighted by Gasteiger charge is -2.10. The number of nitrogens with one attached hydrogen (secondary N) is 2. The molecule has 1 fully saturated rings. The lowest BCUT2D eigenvalue weighted by Crippen LogP contribution is -2.40. The molecule has 0 bridgehead atoms. The molecule has 1 aliphatic heterocycles. The van der Waals surface area contributed by atoms with Crippen molar-refractivity contribution < 1.29 is 9.53 Å². The van der Waals surface area contributed by atoms with Crippen molar-refractivity contribution in [2.75, 3.05) is 13.7 Å². The zero-order chi connectivity index (χ0) is 12.1. The van der Waals surface area contributed by atoms with Crippen molar-refractivity contribution in [3.05, 3.63) is 24.0 Å². The highest BCUT2D eigenvalue weighted by Gasteiger charge is 2.28. The maximum absolute atomic E-state index is 11.8. The van der Waals surface area contributed by atoms with Crippen LogP contribution in [0, 0.1) is 0 Å². The van der Waals surface area contributed by atoms with Crippen LogP contribution in [0.1, 0.15) is 12.1 Å². The Labute approximate surface area is 99.8 Å². The summed E-state index contributed by atoms with van der Waals surface area (Å²) in [5, 5.41) is 13.6. The minimum absolute atomic E-state index is 0.0183. The largest absolute Gasteiger partial charge is 0.380 e. The molecule has 2 N–H and O–H groups in total. The van der Waals surface area contributed by atoms with Gasteiger partial charge in [0.25, 0.3) is 0 Å². The third kappa shape index (κ3) is 3.21. The molecule has 0 radical (unpaired) electrons. The number of amides is 1. The Bertz CT molecular complexity index is 371. The maximum Gasteiger partial charge on any atom is 0.237 e. The number of hydrogen-bond acceptors (Lipinski definition) is 5. The van der Waals surface area contributed by atoms with Gasteiger partial charge in [-0.25, -0.2) is 0 Å². The average molecular weight is 236 g/mol. The van der Waals surface area contributed by atoms with Crippen LogP contribution in [0.2, 0.25) is 0 Å². The van der Waals surface area contributed by atoms with E-state index < -0.39 is 0 Å². The zero-order valence-corrected chi connectivity index (χ0v) is 9.72. The molecule has 2 atom stereocenters. The normalized spacial score (nSPS) is 23.6. The van der Waals surface area contributed by atoms with Gasteiger partial charge >= 0.3 is 0 Å². The number of carbonyl (C=O) groups excluding carboxylic acids is 1. The van der Waals surface area contributed by atoms with Crippen LogP contribution in [0.5, 0.6) is 0 Å². The SMILES string of the molecule is COC1CNC(C(=O)NCc2cccnn2)C1. The third-order valence-corrected chi connectivity index (χ3v) is 2.81. The van der Waals surface area contributed by atoms with E-state index in [0.717, 1.165) is 12.2 Å².